The van der Waals surface area contributed by atoms with Crippen molar-refractivity contribution < 1.29 is 14.3 Å². The van der Waals surface area contributed by atoms with E-state index in [0.717, 1.165) is 25.9 Å². The van der Waals surface area contributed by atoms with Crippen molar-refractivity contribution in [2.45, 2.75) is 25.4 Å². The summed E-state index contributed by atoms with van der Waals surface area (Å²) < 4.78 is 10.6. The van der Waals surface area contributed by atoms with Gasteiger partial charge in [0.25, 0.3) is 0 Å². The van der Waals surface area contributed by atoms with Crippen LogP contribution in [-0.2, 0) is 9.47 Å². The maximum Gasteiger partial charge on any atom is 0.338 e. The SMILES string of the molecule is O=C(OCCC1CCCO1)c1ccccc1. The van der Waals surface area contributed by atoms with Crippen LogP contribution in [-0.4, -0.2) is 25.3 Å². The van der Waals surface area contributed by atoms with E-state index in [1.165, 1.54) is 0 Å². The van der Waals surface area contributed by atoms with Crippen molar-refractivity contribution in [1.29, 1.82) is 0 Å². The third-order valence-corrected chi connectivity index (χ3v) is 2.71. The summed E-state index contributed by atoms with van der Waals surface area (Å²) in [5.41, 5.74) is 0.606. The molecule has 0 bridgehead atoms. The highest BCUT2D eigenvalue weighted by molar-refractivity contribution is 5.89. The van der Waals surface area contributed by atoms with E-state index in [1.54, 1.807) is 12.1 Å². The highest BCUT2D eigenvalue weighted by Crippen LogP contribution is 2.15. The van der Waals surface area contributed by atoms with Crippen LogP contribution in [0.2, 0.25) is 0 Å². The Morgan fingerprint density at radius 2 is 2.19 bits per heavy atom. The Morgan fingerprint density at radius 1 is 1.38 bits per heavy atom. The van der Waals surface area contributed by atoms with Gasteiger partial charge in [-0.25, -0.2) is 4.79 Å². The second-order valence-electron chi connectivity index (χ2n) is 3.93. The Balaban J connectivity index is 1.71. The molecule has 16 heavy (non-hydrogen) atoms. The topological polar surface area (TPSA) is 35.5 Å². The number of hydrogen-bond donors (Lipinski definition) is 0. The normalized spacial score (nSPS) is 19.6. The number of carbonyl (C=O) groups excluding carboxylic acids is 1. The number of esters is 1. The number of benzene rings is 1. The molecular formula is C13H16O3. The number of rotatable bonds is 4. The minimum atomic E-state index is -0.251. The molecule has 1 aromatic carbocycles. The first kappa shape index (κ1) is 11.1. The van der Waals surface area contributed by atoms with Gasteiger partial charge in [0.1, 0.15) is 0 Å². The predicted molar refractivity (Wildman–Crippen MR) is 60.3 cm³/mol. The molecule has 1 unspecified atom stereocenters. The molecule has 2 rings (SSSR count). The van der Waals surface area contributed by atoms with Crippen LogP contribution in [0.15, 0.2) is 30.3 Å². The molecule has 0 radical (unpaired) electrons. The summed E-state index contributed by atoms with van der Waals surface area (Å²) in [5, 5.41) is 0. The molecule has 1 atom stereocenters. The van der Waals surface area contributed by atoms with E-state index < -0.39 is 0 Å². The fraction of sp³-hybridized carbons (Fsp3) is 0.462. The highest BCUT2D eigenvalue weighted by Gasteiger charge is 2.16. The maximum absolute atomic E-state index is 11.6. The Kier molecular flexibility index (Phi) is 3.94. The fourth-order valence-electron chi connectivity index (χ4n) is 1.81. The summed E-state index contributed by atoms with van der Waals surface area (Å²) in [5.74, 6) is -0.251. The first-order valence-corrected chi connectivity index (χ1v) is 5.70. The summed E-state index contributed by atoms with van der Waals surface area (Å²) >= 11 is 0. The molecule has 1 aliphatic rings. The van der Waals surface area contributed by atoms with Gasteiger partial charge < -0.3 is 9.47 Å². The summed E-state index contributed by atoms with van der Waals surface area (Å²) in [6, 6.07) is 9.05. The number of hydrogen-bond acceptors (Lipinski definition) is 3. The molecular weight excluding hydrogens is 204 g/mol. The Morgan fingerprint density at radius 3 is 2.88 bits per heavy atom. The van der Waals surface area contributed by atoms with E-state index in [9.17, 15) is 4.79 Å². The van der Waals surface area contributed by atoms with Gasteiger partial charge in [0, 0.05) is 13.0 Å². The lowest BCUT2D eigenvalue weighted by Gasteiger charge is -2.09. The molecule has 3 nitrogen and oxygen atoms in total. The van der Waals surface area contributed by atoms with Crippen LogP contribution in [0.1, 0.15) is 29.6 Å². The van der Waals surface area contributed by atoms with Crippen LogP contribution in [0.25, 0.3) is 0 Å². The molecule has 0 saturated carbocycles. The molecule has 1 saturated heterocycles. The quantitative estimate of drug-likeness (QED) is 0.731. The van der Waals surface area contributed by atoms with Crippen LogP contribution in [0.5, 0.6) is 0 Å². The Bertz CT molecular complexity index is 328. The van der Waals surface area contributed by atoms with Gasteiger partial charge in [0.05, 0.1) is 18.3 Å². The Hall–Kier alpha value is -1.35. The number of ether oxygens (including phenoxy) is 2. The first-order valence-electron chi connectivity index (χ1n) is 5.70. The molecule has 0 spiro atoms. The average Bonchev–Trinajstić information content (AvgIpc) is 2.83. The molecule has 0 aliphatic carbocycles. The van der Waals surface area contributed by atoms with Crippen molar-refractivity contribution in [2.75, 3.05) is 13.2 Å². The molecule has 0 amide bonds. The lowest BCUT2D eigenvalue weighted by atomic mass is 10.2. The molecule has 1 fully saturated rings. The van der Waals surface area contributed by atoms with Gasteiger partial charge in [-0.15, -0.1) is 0 Å². The van der Waals surface area contributed by atoms with Crippen LogP contribution in [0.3, 0.4) is 0 Å². The zero-order chi connectivity index (χ0) is 11.2. The summed E-state index contributed by atoms with van der Waals surface area (Å²) in [6.45, 7) is 1.29. The molecule has 0 N–H and O–H groups in total. The van der Waals surface area contributed by atoms with Crippen LogP contribution in [0, 0.1) is 0 Å². The molecule has 1 aliphatic heterocycles. The van der Waals surface area contributed by atoms with E-state index in [1.807, 2.05) is 18.2 Å². The molecule has 1 heterocycles. The molecule has 3 heteroatoms. The van der Waals surface area contributed by atoms with Crippen molar-refractivity contribution in [1.82, 2.24) is 0 Å². The zero-order valence-electron chi connectivity index (χ0n) is 9.22. The minimum Gasteiger partial charge on any atom is -0.462 e. The van der Waals surface area contributed by atoms with Crippen molar-refractivity contribution in [3.8, 4) is 0 Å². The zero-order valence-corrected chi connectivity index (χ0v) is 9.22. The average molecular weight is 220 g/mol. The van der Waals surface area contributed by atoms with Gasteiger partial charge in [0.2, 0.25) is 0 Å². The fourth-order valence-corrected chi connectivity index (χ4v) is 1.81. The Labute approximate surface area is 95.4 Å². The van der Waals surface area contributed by atoms with Crippen molar-refractivity contribution >= 4 is 5.97 Å². The molecule has 1 aromatic rings. The summed E-state index contributed by atoms with van der Waals surface area (Å²) in [6.07, 6.45) is 3.29. The van der Waals surface area contributed by atoms with Crippen molar-refractivity contribution in [3.05, 3.63) is 35.9 Å². The lowest BCUT2D eigenvalue weighted by molar-refractivity contribution is 0.0386. The van der Waals surface area contributed by atoms with E-state index >= 15 is 0 Å². The third-order valence-electron chi connectivity index (χ3n) is 2.71. The lowest BCUT2D eigenvalue weighted by Crippen LogP contribution is -2.12. The third kappa shape index (κ3) is 3.07. The number of carbonyl (C=O) groups is 1. The standard InChI is InChI=1S/C13H16O3/c14-13(11-5-2-1-3-6-11)16-10-8-12-7-4-9-15-12/h1-3,5-6,12H,4,7-10H2. The van der Waals surface area contributed by atoms with Gasteiger partial charge in [-0.1, -0.05) is 18.2 Å². The van der Waals surface area contributed by atoms with Crippen molar-refractivity contribution in [2.24, 2.45) is 0 Å². The van der Waals surface area contributed by atoms with E-state index in [-0.39, 0.29) is 12.1 Å². The van der Waals surface area contributed by atoms with Gasteiger partial charge in [-0.3, -0.25) is 0 Å². The van der Waals surface area contributed by atoms with Crippen LogP contribution >= 0.6 is 0 Å². The molecule has 86 valence electrons. The van der Waals surface area contributed by atoms with Crippen LogP contribution < -0.4 is 0 Å². The predicted octanol–water partition coefficient (Wildman–Crippen LogP) is 2.41. The smallest absolute Gasteiger partial charge is 0.338 e. The largest absolute Gasteiger partial charge is 0.462 e. The van der Waals surface area contributed by atoms with Gasteiger partial charge in [-0.05, 0) is 25.0 Å². The van der Waals surface area contributed by atoms with Gasteiger partial charge >= 0.3 is 5.97 Å². The second kappa shape index (κ2) is 5.66. The van der Waals surface area contributed by atoms with E-state index in [2.05, 4.69) is 0 Å². The summed E-state index contributed by atoms with van der Waals surface area (Å²) in [7, 11) is 0. The highest BCUT2D eigenvalue weighted by atomic mass is 16.5. The van der Waals surface area contributed by atoms with E-state index in [4.69, 9.17) is 9.47 Å². The van der Waals surface area contributed by atoms with Gasteiger partial charge in [-0.2, -0.15) is 0 Å². The summed E-state index contributed by atoms with van der Waals surface area (Å²) in [4.78, 5) is 11.6. The first-order chi connectivity index (χ1) is 7.86. The maximum atomic E-state index is 11.6. The van der Waals surface area contributed by atoms with E-state index in [0.29, 0.717) is 12.2 Å². The molecule has 0 aromatic heterocycles. The van der Waals surface area contributed by atoms with Crippen molar-refractivity contribution in [3.63, 3.8) is 0 Å². The minimum absolute atomic E-state index is 0.251. The second-order valence-corrected chi connectivity index (χ2v) is 3.93. The monoisotopic (exact) mass is 220 g/mol. The van der Waals surface area contributed by atoms with Gasteiger partial charge in [0.15, 0.2) is 0 Å². The van der Waals surface area contributed by atoms with Crippen LogP contribution in [0.4, 0.5) is 0 Å².